The second-order valence-electron chi connectivity index (χ2n) is 5.28. The second-order valence-corrected chi connectivity index (χ2v) is 7.50. The summed E-state index contributed by atoms with van der Waals surface area (Å²) in [6, 6.07) is 10.4. The van der Waals surface area contributed by atoms with E-state index in [1.807, 2.05) is 6.07 Å². The van der Waals surface area contributed by atoms with Crippen LogP contribution < -0.4 is 5.32 Å². The van der Waals surface area contributed by atoms with E-state index >= 15 is 0 Å². The van der Waals surface area contributed by atoms with Crippen LogP contribution in [0.5, 0.6) is 0 Å². The molecule has 1 aromatic heterocycles. The highest BCUT2D eigenvalue weighted by atomic mass is 35.5. The molecule has 3 nitrogen and oxygen atoms in total. The SMILES string of the molecule is O=C(NC=Cc1cc(Cl)cc(Cl)c1)C(O)c1csc2ccc(Cl)cc12. The number of carbonyl (C=O) groups excluding carboxylic acids is 1. The van der Waals surface area contributed by atoms with Crippen LogP contribution in [0, 0.1) is 0 Å². The molecule has 0 bridgehead atoms. The number of aliphatic hydroxyl groups is 1. The molecule has 0 spiro atoms. The van der Waals surface area contributed by atoms with Gasteiger partial charge in [0.15, 0.2) is 6.10 Å². The number of rotatable bonds is 4. The van der Waals surface area contributed by atoms with Crippen molar-refractivity contribution in [3.05, 3.63) is 74.2 Å². The summed E-state index contributed by atoms with van der Waals surface area (Å²) in [5.41, 5.74) is 1.26. The minimum absolute atomic E-state index is 0.500. The highest BCUT2D eigenvalue weighted by Gasteiger charge is 2.20. The van der Waals surface area contributed by atoms with E-state index in [0.717, 1.165) is 15.6 Å². The Morgan fingerprint density at radius 1 is 1.08 bits per heavy atom. The van der Waals surface area contributed by atoms with E-state index in [0.29, 0.717) is 20.6 Å². The van der Waals surface area contributed by atoms with E-state index in [1.54, 1.807) is 41.8 Å². The van der Waals surface area contributed by atoms with Crippen LogP contribution in [0.15, 0.2) is 48.0 Å². The van der Waals surface area contributed by atoms with Crippen LogP contribution in [-0.2, 0) is 4.79 Å². The number of nitrogens with one attached hydrogen (secondary N) is 1. The summed E-state index contributed by atoms with van der Waals surface area (Å²) in [5.74, 6) is -0.538. The molecule has 0 saturated heterocycles. The van der Waals surface area contributed by atoms with Crippen molar-refractivity contribution >= 4 is 68.2 Å². The van der Waals surface area contributed by atoms with E-state index in [-0.39, 0.29) is 0 Å². The van der Waals surface area contributed by atoms with E-state index in [2.05, 4.69) is 5.32 Å². The van der Waals surface area contributed by atoms with E-state index in [1.165, 1.54) is 17.5 Å². The van der Waals surface area contributed by atoms with E-state index in [4.69, 9.17) is 34.8 Å². The van der Waals surface area contributed by atoms with Crippen LogP contribution >= 0.6 is 46.1 Å². The lowest BCUT2D eigenvalue weighted by atomic mass is 10.1. The Kier molecular flexibility index (Phi) is 5.67. The average Bonchev–Trinajstić information content (AvgIpc) is 2.96. The molecular formula is C18H12Cl3NO2S. The van der Waals surface area contributed by atoms with Crippen LogP contribution in [0.4, 0.5) is 0 Å². The lowest BCUT2D eigenvalue weighted by Gasteiger charge is -2.08. The fraction of sp³-hybridized carbons (Fsp3) is 0.0556. The monoisotopic (exact) mass is 411 g/mol. The van der Waals surface area contributed by atoms with Gasteiger partial charge in [-0.1, -0.05) is 34.8 Å². The van der Waals surface area contributed by atoms with Crippen molar-refractivity contribution in [2.45, 2.75) is 6.10 Å². The molecule has 2 N–H and O–H groups in total. The molecule has 1 atom stereocenters. The quantitative estimate of drug-likeness (QED) is 0.579. The van der Waals surface area contributed by atoms with Gasteiger partial charge in [-0.15, -0.1) is 11.3 Å². The Morgan fingerprint density at radius 3 is 2.52 bits per heavy atom. The zero-order valence-corrected chi connectivity index (χ0v) is 15.8. The second kappa shape index (κ2) is 7.77. The number of halogens is 3. The smallest absolute Gasteiger partial charge is 0.257 e. The van der Waals surface area contributed by atoms with Gasteiger partial charge in [-0.25, -0.2) is 0 Å². The van der Waals surface area contributed by atoms with Crippen LogP contribution in [0.25, 0.3) is 16.2 Å². The molecule has 0 aliphatic carbocycles. The zero-order chi connectivity index (χ0) is 18.0. The Morgan fingerprint density at radius 2 is 1.80 bits per heavy atom. The van der Waals surface area contributed by atoms with Crippen LogP contribution in [0.1, 0.15) is 17.2 Å². The molecule has 1 amide bonds. The fourth-order valence-corrected chi connectivity index (χ4v) is 4.02. The minimum Gasteiger partial charge on any atom is -0.378 e. The normalized spacial score (nSPS) is 12.6. The summed E-state index contributed by atoms with van der Waals surface area (Å²) in [6.45, 7) is 0. The largest absolute Gasteiger partial charge is 0.378 e. The van der Waals surface area contributed by atoms with Crippen molar-refractivity contribution in [3.63, 3.8) is 0 Å². The Hall–Kier alpha value is -1.56. The summed E-state index contributed by atoms with van der Waals surface area (Å²) in [6.07, 6.45) is 1.79. The summed E-state index contributed by atoms with van der Waals surface area (Å²) in [5, 5.41) is 17.0. The predicted molar refractivity (Wildman–Crippen MR) is 105 cm³/mol. The summed E-state index contributed by atoms with van der Waals surface area (Å²) < 4.78 is 0.954. The third-order valence-corrected chi connectivity index (χ3v) is 5.15. The molecule has 3 aromatic rings. The number of carbonyl (C=O) groups is 1. The third kappa shape index (κ3) is 4.35. The van der Waals surface area contributed by atoms with Crippen LogP contribution in [0.2, 0.25) is 15.1 Å². The van der Waals surface area contributed by atoms with Gasteiger partial charge in [0.05, 0.1) is 0 Å². The first kappa shape index (κ1) is 18.2. The molecule has 128 valence electrons. The molecule has 1 unspecified atom stereocenters. The molecule has 1 heterocycles. The van der Waals surface area contributed by atoms with Crippen LogP contribution in [0.3, 0.4) is 0 Å². The Bertz CT molecular complexity index is 948. The molecule has 3 rings (SSSR count). The molecule has 2 aromatic carbocycles. The zero-order valence-electron chi connectivity index (χ0n) is 12.7. The maximum atomic E-state index is 12.2. The van der Waals surface area contributed by atoms with Gasteiger partial charge in [-0.3, -0.25) is 4.79 Å². The standard InChI is InChI=1S/C18H12Cl3NO2S/c19-11-1-2-16-14(8-11)15(9-25-16)17(23)18(24)22-4-3-10-5-12(20)7-13(21)6-10/h1-9,17,23H,(H,22,24). The van der Waals surface area contributed by atoms with Crippen LogP contribution in [-0.4, -0.2) is 11.0 Å². The van der Waals surface area contributed by atoms with Crippen molar-refractivity contribution in [1.29, 1.82) is 0 Å². The number of thiophene rings is 1. The van der Waals surface area contributed by atoms with Gasteiger partial charge < -0.3 is 10.4 Å². The molecule has 7 heteroatoms. The maximum absolute atomic E-state index is 12.2. The number of hydrogen-bond acceptors (Lipinski definition) is 3. The molecule has 0 aliphatic rings. The number of hydrogen-bond donors (Lipinski definition) is 2. The molecule has 0 saturated carbocycles. The van der Waals surface area contributed by atoms with Crippen molar-refractivity contribution in [1.82, 2.24) is 5.32 Å². The van der Waals surface area contributed by atoms with E-state index in [9.17, 15) is 9.90 Å². The first-order chi connectivity index (χ1) is 11.9. The summed E-state index contributed by atoms with van der Waals surface area (Å²) in [4.78, 5) is 12.2. The number of benzene rings is 2. The van der Waals surface area contributed by atoms with Crippen molar-refractivity contribution in [2.75, 3.05) is 0 Å². The topological polar surface area (TPSA) is 49.3 Å². The molecule has 0 radical (unpaired) electrons. The minimum atomic E-state index is -1.29. The van der Waals surface area contributed by atoms with Crippen molar-refractivity contribution in [3.8, 4) is 0 Å². The Labute approximate surface area is 163 Å². The van der Waals surface area contributed by atoms with E-state index < -0.39 is 12.0 Å². The van der Waals surface area contributed by atoms with Crippen molar-refractivity contribution in [2.24, 2.45) is 0 Å². The Balaban J connectivity index is 1.74. The van der Waals surface area contributed by atoms with Gasteiger partial charge in [0.25, 0.3) is 5.91 Å². The third-order valence-electron chi connectivity index (χ3n) is 3.49. The number of fused-ring (bicyclic) bond motifs is 1. The van der Waals surface area contributed by atoms with Gasteiger partial charge in [-0.2, -0.15) is 0 Å². The lowest BCUT2D eigenvalue weighted by molar-refractivity contribution is -0.128. The fourth-order valence-electron chi connectivity index (χ4n) is 2.34. The highest BCUT2D eigenvalue weighted by molar-refractivity contribution is 7.17. The number of aliphatic hydroxyl groups excluding tert-OH is 1. The first-order valence-electron chi connectivity index (χ1n) is 7.22. The summed E-state index contributed by atoms with van der Waals surface area (Å²) in [7, 11) is 0. The molecule has 0 fully saturated rings. The van der Waals surface area contributed by atoms with Gasteiger partial charge in [-0.05, 0) is 53.4 Å². The summed E-state index contributed by atoms with van der Waals surface area (Å²) >= 11 is 19.3. The van der Waals surface area contributed by atoms with Gasteiger partial charge >= 0.3 is 0 Å². The molecular weight excluding hydrogens is 401 g/mol. The first-order valence-corrected chi connectivity index (χ1v) is 9.23. The average molecular weight is 413 g/mol. The van der Waals surface area contributed by atoms with Crippen molar-refractivity contribution < 1.29 is 9.90 Å². The number of amides is 1. The maximum Gasteiger partial charge on any atom is 0.257 e. The van der Waals surface area contributed by atoms with Gasteiger partial charge in [0.1, 0.15) is 0 Å². The highest BCUT2D eigenvalue weighted by Crippen LogP contribution is 2.32. The molecule has 25 heavy (non-hydrogen) atoms. The predicted octanol–water partition coefficient (Wildman–Crippen LogP) is 5.68. The lowest BCUT2D eigenvalue weighted by Crippen LogP contribution is -2.24. The van der Waals surface area contributed by atoms with Gasteiger partial charge in [0, 0.05) is 36.9 Å². The molecule has 0 aliphatic heterocycles. The van der Waals surface area contributed by atoms with Gasteiger partial charge in [0.2, 0.25) is 0 Å².